The number of benzene rings is 2. The van der Waals surface area contributed by atoms with E-state index in [0.29, 0.717) is 43.3 Å². The van der Waals surface area contributed by atoms with Gasteiger partial charge in [-0.05, 0) is 50.6 Å². The maximum Gasteiger partial charge on any atom is 0.255 e. The van der Waals surface area contributed by atoms with Crippen molar-refractivity contribution in [3.05, 3.63) is 60.3 Å². The van der Waals surface area contributed by atoms with Gasteiger partial charge < -0.3 is 14.9 Å². The Hall–Kier alpha value is -3.22. The lowest BCUT2D eigenvalue weighted by molar-refractivity contribution is -0.0800. The minimum absolute atomic E-state index is 0.124. The quantitative estimate of drug-likeness (QED) is 0.441. The van der Waals surface area contributed by atoms with Crippen LogP contribution in [0.1, 0.15) is 40.2 Å². The highest BCUT2D eigenvalue weighted by Crippen LogP contribution is 2.43. The molecule has 3 aromatic rings. The molecule has 35 heavy (non-hydrogen) atoms. The SMILES string of the molecule is C=C(N1CCN(c2nc(-c3ccccc3O)nc3cc(C)ccc23)CC1)C(C)(C)C(C)(F)F.CC. The molecule has 0 amide bonds. The molecule has 0 aliphatic carbocycles. The number of halogens is 2. The Morgan fingerprint density at radius 3 is 2.20 bits per heavy atom. The number of fused-ring (bicyclic) bond motifs is 1. The highest BCUT2D eigenvalue weighted by Gasteiger charge is 2.46. The fraction of sp³-hybridized carbons (Fsp3) is 0.429. The highest BCUT2D eigenvalue weighted by molar-refractivity contribution is 5.92. The van der Waals surface area contributed by atoms with Gasteiger partial charge in [-0.15, -0.1) is 0 Å². The second kappa shape index (κ2) is 10.2. The average molecular weight is 483 g/mol. The minimum atomic E-state index is -2.87. The molecule has 2 heterocycles. The van der Waals surface area contributed by atoms with Gasteiger partial charge in [-0.1, -0.05) is 38.6 Å². The summed E-state index contributed by atoms with van der Waals surface area (Å²) in [6, 6.07) is 13.1. The molecule has 1 N–H and O–H groups in total. The van der Waals surface area contributed by atoms with Crippen LogP contribution in [0.2, 0.25) is 0 Å². The van der Waals surface area contributed by atoms with E-state index in [9.17, 15) is 13.9 Å². The van der Waals surface area contributed by atoms with E-state index in [1.807, 2.05) is 49.9 Å². The summed E-state index contributed by atoms with van der Waals surface area (Å²) in [5.74, 6) is -1.50. The predicted molar refractivity (Wildman–Crippen MR) is 140 cm³/mol. The molecule has 0 radical (unpaired) electrons. The second-order valence-electron chi connectivity index (χ2n) is 9.34. The van der Waals surface area contributed by atoms with Crippen molar-refractivity contribution in [3.63, 3.8) is 0 Å². The van der Waals surface area contributed by atoms with E-state index < -0.39 is 11.3 Å². The van der Waals surface area contributed by atoms with Gasteiger partial charge in [-0.2, -0.15) is 0 Å². The summed E-state index contributed by atoms with van der Waals surface area (Å²) in [5, 5.41) is 11.3. The zero-order chi connectivity index (χ0) is 26.0. The van der Waals surface area contributed by atoms with Crippen molar-refractivity contribution in [3.8, 4) is 17.1 Å². The van der Waals surface area contributed by atoms with E-state index in [2.05, 4.69) is 11.5 Å². The number of hydrogen-bond acceptors (Lipinski definition) is 5. The minimum Gasteiger partial charge on any atom is -0.507 e. The van der Waals surface area contributed by atoms with Crippen LogP contribution in [0.25, 0.3) is 22.3 Å². The zero-order valence-electron chi connectivity index (χ0n) is 21.6. The zero-order valence-corrected chi connectivity index (χ0v) is 21.6. The van der Waals surface area contributed by atoms with Gasteiger partial charge in [-0.3, -0.25) is 0 Å². The molecule has 4 rings (SSSR count). The standard InChI is InChI=1S/C26H30F2N4O.C2H6/c1-17-10-11-19-21(16-17)29-23(20-8-6-7-9-22(20)33)30-24(19)32-14-12-31(13-15-32)18(2)25(3,4)26(5,27)28;1-2/h6-11,16,33H,2,12-15H2,1,3-5H3;1-2H3. The Morgan fingerprint density at radius 1 is 0.971 bits per heavy atom. The number of piperazine rings is 1. The third-order valence-corrected chi connectivity index (χ3v) is 6.76. The summed E-state index contributed by atoms with van der Waals surface area (Å²) in [7, 11) is 0. The number of hydrogen-bond donors (Lipinski definition) is 1. The predicted octanol–water partition coefficient (Wildman–Crippen LogP) is 6.65. The smallest absolute Gasteiger partial charge is 0.255 e. The molecule has 1 aromatic heterocycles. The van der Waals surface area contributed by atoms with Gasteiger partial charge in [-0.25, -0.2) is 18.7 Å². The third kappa shape index (κ3) is 5.24. The Bertz CT molecular complexity index is 1200. The summed E-state index contributed by atoms with van der Waals surface area (Å²) in [6.07, 6.45) is 0. The van der Waals surface area contributed by atoms with Crippen molar-refractivity contribution in [2.45, 2.75) is 47.5 Å². The van der Waals surface area contributed by atoms with Crippen LogP contribution in [-0.2, 0) is 0 Å². The number of aryl methyl sites for hydroxylation is 1. The van der Waals surface area contributed by atoms with Crippen LogP contribution in [-0.4, -0.2) is 52.1 Å². The van der Waals surface area contributed by atoms with Gasteiger partial charge in [0, 0.05) is 44.2 Å². The van der Waals surface area contributed by atoms with Crippen molar-refractivity contribution in [2.24, 2.45) is 5.41 Å². The van der Waals surface area contributed by atoms with E-state index in [1.165, 1.54) is 0 Å². The Morgan fingerprint density at radius 2 is 1.60 bits per heavy atom. The molecule has 0 atom stereocenters. The monoisotopic (exact) mass is 482 g/mol. The number of para-hydroxylation sites is 1. The molecule has 1 aliphatic rings. The molecule has 0 spiro atoms. The van der Waals surface area contributed by atoms with Crippen molar-refractivity contribution >= 4 is 16.7 Å². The molecule has 1 saturated heterocycles. The molecular weight excluding hydrogens is 446 g/mol. The van der Waals surface area contributed by atoms with Crippen LogP contribution in [0, 0.1) is 12.3 Å². The van der Waals surface area contributed by atoms with E-state index in [1.54, 1.807) is 32.0 Å². The van der Waals surface area contributed by atoms with E-state index in [4.69, 9.17) is 9.97 Å². The number of anilines is 1. The first-order valence-electron chi connectivity index (χ1n) is 12.1. The molecule has 0 unspecified atom stereocenters. The van der Waals surface area contributed by atoms with Gasteiger partial charge >= 0.3 is 0 Å². The van der Waals surface area contributed by atoms with Crippen molar-refractivity contribution in [2.75, 3.05) is 31.1 Å². The molecular formula is C28H36F2N4O. The lowest BCUT2D eigenvalue weighted by Crippen LogP contribution is -2.50. The average Bonchev–Trinajstić information content (AvgIpc) is 2.83. The normalized spacial score (nSPS) is 14.5. The molecule has 7 heteroatoms. The number of nitrogens with zero attached hydrogens (tertiary/aromatic N) is 4. The number of aromatic nitrogens is 2. The van der Waals surface area contributed by atoms with Crippen molar-refractivity contribution in [1.82, 2.24) is 14.9 Å². The van der Waals surface area contributed by atoms with Crippen LogP contribution in [0.5, 0.6) is 5.75 Å². The number of phenolic OH excluding ortho intramolecular Hbond substituents is 1. The van der Waals surface area contributed by atoms with Crippen molar-refractivity contribution < 1.29 is 13.9 Å². The largest absolute Gasteiger partial charge is 0.507 e. The Balaban J connectivity index is 0.00000167. The number of alkyl halides is 2. The van der Waals surface area contributed by atoms with Gasteiger partial charge in [0.15, 0.2) is 5.82 Å². The molecule has 1 aliphatic heterocycles. The molecule has 5 nitrogen and oxygen atoms in total. The topological polar surface area (TPSA) is 52.5 Å². The molecule has 188 valence electrons. The van der Waals surface area contributed by atoms with Crippen LogP contribution >= 0.6 is 0 Å². The summed E-state index contributed by atoms with van der Waals surface area (Å²) in [4.78, 5) is 13.7. The summed E-state index contributed by atoms with van der Waals surface area (Å²) < 4.78 is 28.3. The second-order valence-corrected chi connectivity index (χ2v) is 9.34. The maximum absolute atomic E-state index is 14.2. The molecule has 0 saturated carbocycles. The van der Waals surface area contributed by atoms with Gasteiger partial charge in [0.05, 0.1) is 16.5 Å². The van der Waals surface area contributed by atoms with E-state index >= 15 is 0 Å². The van der Waals surface area contributed by atoms with Gasteiger partial charge in [0.2, 0.25) is 0 Å². The maximum atomic E-state index is 14.2. The number of phenols is 1. The van der Waals surface area contributed by atoms with Crippen LogP contribution in [0.4, 0.5) is 14.6 Å². The van der Waals surface area contributed by atoms with Crippen molar-refractivity contribution in [1.29, 1.82) is 0 Å². The summed E-state index contributed by atoms with van der Waals surface area (Å²) >= 11 is 0. The lowest BCUT2D eigenvalue weighted by atomic mass is 9.82. The van der Waals surface area contributed by atoms with Gasteiger partial charge in [0.25, 0.3) is 5.92 Å². The summed E-state index contributed by atoms with van der Waals surface area (Å²) in [6.45, 7) is 16.4. The molecule has 0 bridgehead atoms. The van der Waals surface area contributed by atoms with Crippen LogP contribution < -0.4 is 4.90 Å². The van der Waals surface area contributed by atoms with Crippen LogP contribution in [0.3, 0.4) is 0 Å². The first-order chi connectivity index (χ1) is 16.5. The van der Waals surface area contributed by atoms with E-state index in [0.717, 1.165) is 29.2 Å². The first-order valence-corrected chi connectivity index (χ1v) is 12.1. The Kier molecular flexibility index (Phi) is 7.68. The number of aromatic hydroxyl groups is 1. The van der Waals surface area contributed by atoms with Gasteiger partial charge in [0.1, 0.15) is 11.6 Å². The highest BCUT2D eigenvalue weighted by atomic mass is 19.3. The van der Waals surface area contributed by atoms with Crippen LogP contribution in [0.15, 0.2) is 54.7 Å². The fourth-order valence-electron chi connectivity index (χ4n) is 4.08. The number of allylic oxidation sites excluding steroid dienone is 1. The first kappa shape index (κ1) is 26.4. The molecule has 2 aromatic carbocycles. The Labute approximate surface area is 207 Å². The van der Waals surface area contributed by atoms with E-state index in [-0.39, 0.29) is 5.75 Å². The molecule has 1 fully saturated rings. The third-order valence-electron chi connectivity index (χ3n) is 6.76. The summed E-state index contributed by atoms with van der Waals surface area (Å²) in [5.41, 5.74) is 1.58. The lowest BCUT2D eigenvalue weighted by Gasteiger charge is -2.44. The number of rotatable bonds is 5. The fourth-order valence-corrected chi connectivity index (χ4v) is 4.08.